The van der Waals surface area contributed by atoms with Crippen molar-refractivity contribution in [3.8, 4) is 0 Å². The number of nitrogens with zero attached hydrogens (tertiary/aromatic N) is 4. The smallest absolute Gasteiger partial charge is 0.373 e. The molecule has 1 unspecified atom stereocenters. The number of nitrogens with one attached hydrogen (secondary N) is 3. The molecule has 0 saturated carbocycles. The van der Waals surface area contributed by atoms with E-state index in [1.54, 1.807) is 19.1 Å². The normalized spacial score (nSPS) is 15.0. The zero-order chi connectivity index (χ0) is 28.1. The van der Waals surface area contributed by atoms with E-state index < -0.39 is 23.6 Å². The molecule has 1 atom stereocenters. The van der Waals surface area contributed by atoms with Crippen LogP contribution in [-0.4, -0.2) is 21.2 Å². The Morgan fingerprint density at radius 3 is 2.58 bits per heavy atom. The van der Waals surface area contributed by atoms with Gasteiger partial charge in [0.15, 0.2) is 5.82 Å². The second kappa shape index (κ2) is 11.4. The molecule has 3 heterocycles. The van der Waals surface area contributed by atoms with Crippen LogP contribution in [0.2, 0.25) is 0 Å². The highest BCUT2D eigenvalue weighted by Gasteiger charge is 2.30. The van der Waals surface area contributed by atoms with E-state index >= 15 is 0 Å². The topological polar surface area (TPSA) is 87.1 Å². The van der Waals surface area contributed by atoms with Gasteiger partial charge in [-0.2, -0.15) is 18.3 Å². The van der Waals surface area contributed by atoms with Crippen molar-refractivity contribution in [2.45, 2.75) is 19.1 Å². The number of alkyl halides is 3. The Bertz CT molecular complexity index is 1600. The van der Waals surface area contributed by atoms with Gasteiger partial charge in [0.25, 0.3) is 0 Å². The maximum absolute atomic E-state index is 14.6. The molecule has 0 spiro atoms. The third kappa shape index (κ3) is 6.32. The fraction of sp³-hybridized carbons (Fsp3) is 0.103. The average molecular weight is 546 g/mol. The maximum atomic E-state index is 14.6. The molecule has 202 valence electrons. The van der Waals surface area contributed by atoms with Crippen molar-refractivity contribution in [2.24, 2.45) is 5.10 Å². The number of halogens is 4. The lowest BCUT2D eigenvalue weighted by Gasteiger charge is -2.22. The van der Waals surface area contributed by atoms with Crippen LogP contribution in [0.3, 0.4) is 0 Å². The van der Waals surface area contributed by atoms with E-state index in [1.165, 1.54) is 24.5 Å². The molecule has 0 amide bonds. The van der Waals surface area contributed by atoms with Crippen LogP contribution < -0.4 is 16.1 Å². The number of dihydropyridines is 1. The summed E-state index contributed by atoms with van der Waals surface area (Å²) < 4.78 is 53.6. The van der Waals surface area contributed by atoms with Crippen molar-refractivity contribution in [1.82, 2.24) is 20.3 Å². The number of aromatic nitrogens is 3. The lowest BCUT2D eigenvalue weighted by atomic mass is 10.0. The van der Waals surface area contributed by atoms with Crippen molar-refractivity contribution in [1.29, 1.82) is 0 Å². The Hall–Kier alpha value is -5.06. The van der Waals surface area contributed by atoms with E-state index in [9.17, 15) is 17.6 Å². The van der Waals surface area contributed by atoms with Crippen LogP contribution in [0.15, 0.2) is 96.4 Å². The average Bonchev–Trinajstić information content (AvgIpc) is 2.95. The predicted octanol–water partition coefficient (Wildman–Crippen LogP) is 6.77. The van der Waals surface area contributed by atoms with Gasteiger partial charge in [-0.05, 0) is 48.4 Å². The summed E-state index contributed by atoms with van der Waals surface area (Å²) in [5, 5.41) is 10.3. The van der Waals surface area contributed by atoms with Crippen LogP contribution >= 0.6 is 0 Å². The minimum absolute atomic E-state index is 0.0964. The summed E-state index contributed by atoms with van der Waals surface area (Å²) >= 11 is 0. The van der Waals surface area contributed by atoms with E-state index in [2.05, 4.69) is 36.1 Å². The van der Waals surface area contributed by atoms with E-state index in [4.69, 9.17) is 0 Å². The highest BCUT2D eigenvalue weighted by atomic mass is 19.4. The van der Waals surface area contributed by atoms with Crippen LogP contribution in [0.25, 0.3) is 5.70 Å². The Morgan fingerprint density at radius 1 is 0.975 bits per heavy atom. The van der Waals surface area contributed by atoms with Gasteiger partial charge in [0.2, 0.25) is 5.95 Å². The Balaban J connectivity index is 1.25. The molecule has 0 aliphatic carbocycles. The highest BCUT2D eigenvalue weighted by molar-refractivity contribution is 5.80. The number of rotatable bonds is 7. The molecule has 1 aliphatic heterocycles. The number of hydrogen-bond donors (Lipinski definition) is 3. The van der Waals surface area contributed by atoms with Crippen molar-refractivity contribution < 1.29 is 17.6 Å². The SMILES string of the molecule is Cc1cc(Nc2cccc(C(F)(F)F)c2)cnc1/C=N\Nc1ncc(F)c(C2C=CC=C(c3ccccc3)N2)n1. The molecule has 0 fully saturated rings. The molecule has 3 N–H and O–H groups in total. The lowest BCUT2D eigenvalue weighted by molar-refractivity contribution is -0.137. The van der Waals surface area contributed by atoms with Crippen LogP contribution in [0, 0.1) is 12.7 Å². The maximum Gasteiger partial charge on any atom is 0.416 e. The van der Waals surface area contributed by atoms with Gasteiger partial charge in [-0.1, -0.05) is 48.6 Å². The van der Waals surface area contributed by atoms with Gasteiger partial charge in [0.05, 0.1) is 41.6 Å². The number of hydrazone groups is 1. The van der Waals surface area contributed by atoms with E-state index in [1.807, 2.05) is 42.5 Å². The van der Waals surface area contributed by atoms with Crippen molar-refractivity contribution in [3.63, 3.8) is 0 Å². The number of benzene rings is 2. The van der Waals surface area contributed by atoms with Crippen LogP contribution in [0.4, 0.5) is 34.9 Å². The van der Waals surface area contributed by atoms with Crippen LogP contribution in [0.1, 0.15) is 34.1 Å². The number of aryl methyl sites for hydroxylation is 1. The van der Waals surface area contributed by atoms with Crippen LogP contribution in [0.5, 0.6) is 0 Å². The number of hydrogen-bond acceptors (Lipinski definition) is 7. The third-order valence-electron chi connectivity index (χ3n) is 5.98. The molecule has 4 aromatic rings. The molecular formula is C29H23F4N7. The third-order valence-corrected chi connectivity index (χ3v) is 5.98. The second-order valence-corrected chi connectivity index (χ2v) is 8.88. The fourth-order valence-corrected chi connectivity index (χ4v) is 4.02. The van der Waals surface area contributed by atoms with Gasteiger partial charge in [0, 0.05) is 11.4 Å². The Morgan fingerprint density at radius 2 is 1.80 bits per heavy atom. The van der Waals surface area contributed by atoms with Gasteiger partial charge in [0.1, 0.15) is 5.69 Å². The van der Waals surface area contributed by atoms with Gasteiger partial charge in [-0.3, -0.25) is 4.98 Å². The van der Waals surface area contributed by atoms with Crippen molar-refractivity contribution in [3.05, 3.63) is 125 Å². The van der Waals surface area contributed by atoms with Gasteiger partial charge < -0.3 is 10.6 Å². The molecular weight excluding hydrogens is 522 g/mol. The highest BCUT2D eigenvalue weighted by Crippen LogP contribution is 2.31. The van der Waals surface area contributed by atoms with E-state index in [-0.39, 0.29) is 17.3 Å². The first-order chi connectivity index (χ1) is 19.3. The first-order valence-electron chi connectivity index (χ1n) is 12.2. The summed E-state index contributed by atoms with van der Waals surface area (Å²) in [4.78, 5) is 12.6. The quantitative estimate of drug-likeness (QED) is 0.135. The molecule has 7 nitrogen and oxygen atoms in total. The standard InChI is InChI=1S/C29H23F4N7/c1-18-13-22(37-21-10-5-9-20(14-21)29(31,32)33)15-34-26(18)17-36-40-28-35-16-23(30)27(39-28)25-12-6-11-24(38-25)19-7-3-2-4-8-19/h2-17,25,37-38H,1H3,(H,35,39,40)/b36-17-. The summed E-state index contributed by atoms with van der Waals surface area (Å²) in [5.74, 6) is -0.466. The zero-order valence-corrected chi connectivity index (χ0v) is 21.1. The van der Waals surface area contributed by atoms with E-state index in [0.717, 1.165) is 35.2 Å². The first-order valence-corrected chi connectivity index (χ1v) is 12.2. The summed E-state index contributed by atoms with van der Waals surface area (Å²) in [7, 11) is 0. The number of anilines is 3. The molecule has 40 heavy (non-hydrogen) atoms. The number of pyridine rings is 1. The predicted molar refractivity (Wildman–Crippen MR) is 146 cm³/mol. The van der Waals surface area contributed by atoms with Gasteiger partial charge in [-0.25, -0.2) is 19.8 Å². The molecule has 2 aromatic heterocycles. The molecule has 0 bridgehead atoms. The number of allylic oxidation sites excluding steroid dienone is 2. The van der Waals surface area contributed by atoms with Gasteiger partial charge in [-0.15, -0.1) is 0 Å². The largest absolute Gasteiger partial charge is 0.416 e. The summed E-state index contributed by atoms with van der Waals surface area (Å²) in [6, 6.07) is 15.8. The second-order valence-electron chi connectivity index (χ2n) is 8.88. The van der Waals surface area contributed by atoms with Crippen molar-refractivity contribution in [2.75, 3.05) is 10.7 Å². The summed E-state index contributed by atoms with van der Waals surface area (Å²) in [5.41, 5.74) is 5.96. The molecule has 2 aromatic carbocycles. The fourth-order valence-electron chi connectivity index (χ4n) is 4.02. The van der Waals surface area contributed by atoms with Crippen molar-refractivity contribution >= 4 is 29.2 Å². The minimum Gasteiger partial charge on any atom is -0.373 e. The summed E-state index contributed by atoms with van der Waals surface area (Å²) in [6.07, 6.45) is 5.13. The van der Waals surface area contributed by atoms with Gasteiger partial charge >= 0.3 is 6.18 Å². The molecule has 5 rings (SSSR count). The van der Waals surface area contributed by atoms with Crippen LogP contribution in [-0.2, 0) is 6.18 Å². The zero-order valence-electron chi connectivity index (χ0n) is 21.1. The van der Waals surface area contributed by atoms with E-state index in [0.29, 0.717) is 11.4 Å². The lowest BCUT2D eigenvalue weighted by Crippen LogP contribution is -2.23. The molecule has 0 radical (unpaired) electrons. The molecule has 0 saturated heterocycles. The minimum atomic E-state index is -4.43. The Kier molecular flexibility index (Phi) is 7.54. The first kappa shape index (κ1) is 26.5. The Labute approximate surface area is 227 Å². The summed E-state index contributed by atoms with van der Waals surface area (Å²) in [6.45, 7) is 1.79. The monoisotopic (exact) mass is 545 g/mol. The molecule has 1 aliphatic rings. The molecule has 11 heteroatoms.